The van der Waals surface area contributed by atoms with Gasteiger partial charge in [0.15, 0.2) is 0 Å². The van der Waals surface area contributed by atoms with Gasteiger partial charge in [-0.25, -0.2) is 0 Å². The van der Waals surface area contributed by atoms with Gasteiger partial charge in [-0.15, -0.1) is 0 Å². The van der Waals surface area contributed by atoms with Crippen LogP contribution in [0.5, 0.6) is 0 Å². The number of rotatable bonds is 8. The van der Waals surface area contributed by atoms with E-state index < -0.39 is 0 Å². The van der Waals surface area contributed by atoms with E-state index in [4.69, 9.17) is 10.2 Å². The molecule has 0 aromatic rings. The maximum Gasteiger partial charge on any atom is 0.0641 e. The number of aliphatic hydroxyl groups is 2. The van der Waals surface area contributed by atoms with E-state index in [-0.39, 0.29) is 13.2 Å². The van der Waals surface area contributed by atoms with Crippen molar-refractivity contribution >= 4 is 0 Å². The standard InChI is InChI=1S/2C14H24O/c2*1-5-12(10-15)7-9-13-8-6-11(2)14(13,3)4/h2*6-7,13,15H,5,8-10H2,1-4H3. The summed E-state index contributed by atoms with van der Waals surface area (Å²) < 4.78 is 0. The molecule has 0 saturated carbocycles. The Bertz CT molecular complexity index is 588. The highest BCUT2D eigenvalue weighted by Gasteiger charge is 2.34. The lowest BCUT2D eigenvalue weighted by Crippen LogP contribution is -2.19. The highest BCUT2D eigenvalue weighted by Crippen LogP contribution is 2.45. The van der Waals surface area contributed by atoms with E-state index in [1.807, 2.05) is 0 Å². The zero-order valence-electron chi connectivity index (χ0n) is 21.0. The third-order valence-electron chi connectivity index (χ3n) is 8.19. The molecule has 2 N–H and O–H groups in total. The molecular formula is C28H48O2. The molecule has 172 valence electrons. The summed E-state index contributed by atoms with van der Waals surface area (Å²) >= 11 is 0. The van der Waals surface area contributed by atoms with Crippen LogP contribution in [-0.2, 0) is 0 Å². The first-order valence-electron chi connectivity index (χ1n) is 12.0. The topological polar surface area (TPSA) is 40.5 Å². The van der Waals surface area contributed by atoms with Crippen LogP contribution in [0.2, 0.25) is 0 Å². The summed E-state index contributed by atoms with van der Waals surface area (Å²) in [6, 6.07) is 0. The van der Waals surface area contributed by atoms with E-state index in [9.17, 15) is 0 Å². The van der Waals surface area contributed by atoms with Gasteiger partial charge in [0, 0.05) is 0 Å². The van der Waals surface area contributed by atoms with E-state index in [1.165, 1.54) is 35.1 Å². The largest absolute Gasteiger partial charge is 0.392 e. The van der Waals surface area contributed by atoms with E-state index >= 15 is 0 Å². The highest BCUT2D eigenvalue weighted by atomic mass is 16.3. The minimum absolute atomic E-state index is 0.218. The molecule has 0 aliphatic heterocycles. The number of aliphatic hydroxyl groups excluding tert-OH is 2. The monoisotopic (exact) mass is 416 g/mol. The maximum atomic E-state index is 9.10. The first-order chi connectivity index (χ1) is 14.0. The van der Waals surface area contributed by atoms with E-state index in [0.29, 0.717) is 22.7 Å². The van der Waals surface area contributed by atoms with Gasteiger partial charge in [0.1, 0.15) is 0 Å². The second-order valence-corrected chi connectivity index (χ2v) is 10.3. The van der Waals surface area contributed by atoms with Gasteiger partial charge < -0.3 is 10.2 Å². The van der Waals surface area contributed by atoms with E-state index in [0.717, 1.165) is 25.7 Å². The van der Waals surface area contributed by atoms with Crippen LogP contribution in [0.1, 0.15) is 93.9 Å². The molecule has 0 saturated heterocycles. The lowest BCUT2D eigenvalue weighted by molar-refractivity contribution is 0.291. The van der Waals surface area contributed by atoms with Crippen molar-refractivity contribution in [1.82, 2.24) is 0 Å². The quantitative estimate of drug-likeness (QED) is 0.405. The lowest BCUT2D eigenvalue weighted by Gasteiger charge is -2.29. The van der Waals surface area contributed by atoms with Gasteiger partial charge in [0.05, 0.1) is 13.2 Å². The molecule has 2 nitrogen and oxygen atoms in total. The van der Waals surface area contributed by atoms with E-state index in [2.05, 4.69) is 79.7 Å². The van der Waals surface area contributed by atoms with Gasteiger partial charge in [-0.2, -0.15) is 0 Å². The molecule has 2 heteroatoms. The second-order valence-electron chi connectivity index (χ2n) is 10.3. The molecule has 0 bridgehead atoms. The molecule has 0 aromatic heterocycles. The minimum atomic E-state index is 0.218. The Morgan fingerprint density at radius 3 is 1.33 bits per heavy atom. The number of hydrogen-bond acceptors (Lipinski definition) is 2. The van der Waals surface area contributed by atoms with Crippen molar-refractivity contribution in [3.63, 3.8) is 0 Å². The fourth-order valence-electron chi connectivity index (χ4n) is 4.44. The fraction of sp³-hybridized carbons (Fsp3) is 0.714. The Labute approximate surface area is 186 Å². The van der Waals surface area contributed by atoms with Crippen LogP contribution >= 0.6 is 0 Å². The summed E-state index contributed by atoms with van der Waals surface area (Å²) in [5.74, 6) is 1.43. The number of hydrogen-bond donors (Lipinski definition) is 2. The summed E-state index contributed by atoms with van der Waals surface area (Å²) in [4.78, 5) is 0. The van der Waals surface area contributed by atoms with Gasteiger partial charge in [-0.05, 0) is 86.2 Å². The van der Waals surface area contributed by atoms with Gasteiger partial charge >= 0.3 is 0 Å². The fourth-order valence-corrected chi connectivity index (χ4v) is 4.44. The summed E-state index contributed by atoms with van der Waals surface area (Å²) in [5, 5.41) is 18.2. The molecule has 2 aliphatic carbocycles. The minimum Gasteiger partial charge on any atom is -0.392 e. The molecule has 0 aromatic carbocycles. The Morgan fingerprint density at radius 2 is 1.13 bits per heavy atom. The normalized spacial score (nSPS) is 25.5. The second kappa shape index (κ2) is 12.1. The van der Waals surface area contributed by atoms with Crippen LogP contribution < -0.4 is 0 Å². The van der Waals surface area contributed by atoms with Crippen LogP contribution in [0.15, 0.2) is 46.6 Å². The molecule has 2 aliphatic rings. The van der Waals surface area contributed by atoms with Gasteiger partial charge in [-0.1, -0.05) is 77.0 Å². The molecule has 2 unspecified atom stereocenters. The highest BCUT2D eigenvalue weighted by molar-refractivity contribution is 5.20. The molecule has 0 spiro atoms. The predicted molar refractivity (Wildman–Crippen MR) is 131 cm³/mol. The van der Waals surface area contributed by atoms with Crippen molar-refractivity contribution < 1.29 is 10.2 Å². The van der Waals surface area contributed by atoms with E-state index in [1.54, 1.807) is 0 Å². The molecule has 0 heterocycles. The maximum absolute atomic E-state index is 9.10. The van der Waals surface area contributed by atoms with Gasteiger partial charge in [0.25, 0.3) is 0 Å². The van der Waals surface area contributed by atoms with Crippen molar-refractivity contribution in [3.05, 3.63) is 46.6 Å². The molecule has 0 radical (unpaired) electrons. The Kier molecular flexibility index (Phi) is 10.8. The summed E-state index contributed by atoms with van der Waals surface area (Å²) in [5.41, 5.74) is 6.06. The molecule has 0 fully saturated rings. The lowest BCUT2D eigenvalue weighted by atomic mass is 9.76. The van der Waals surface area contributed by atoms with Gasteiger partial charge in [0.2, 0.25) is 0 Å². The number of allylic oxidation sites excluding steroid dienone is 6. The van der Waals surface area contributed by atoms with Crippen LogP contribution in [-0.4, -0.2) is 23.4 Å². The van der Waals surface area contributed by atoms with Gasteiger partial charge in [-0.3, -0.25) is 0 Å². The first kappa shape index (κ1) is 26.9. The zero-order valence-corrected chi connectivity index (χ0v) is 21.0. The third kappa shape index (κ3) is 6.95. The molecule has 30 heavy (non-hydrogen) atoms. The SMILES string of the molecule is CCC(=CCC1CC=C(C)C1(C)C)CO.CCC(=CCC1CC=C(C)C1(C)C)CO. The van der Waals surface area contributed by atoms with Crippen molar-refractivity contribution in [2.45, 2.75) is 93.9 Å². The Morgan fingerprint density at radius 1 is 0.800 bits per heavy atom. The Hall–Kier alpha value is -1.12. The Balaban J connectivity index is 0.000000300. The van der Waals surface area contributed by atoms with Crippen molar-refractivity contribution in [2.75, 3.05) is 13.2 Å². The predicted octanol–water partition coefficient (Wildman–Crippen LogP) is 7.40. The zero-order chi connectivity index (χ0) is 22.9. The molecule has 0 amide bonds. The van der Waals surface area contributed by atoms with Crippen molar-refractivity contribution in [3.8, 4) is 0 Å². The smallest absolute Gasteiger partial charge is 0.0641 e. The molecule has 2 atom stereocenters. The summed E-state index contributed by atoms with van der Waals surface area (Å²) in [6.45, 7) is 18.4. The summed E-state index contributed by atoms with van der Waals surface area (Å²) in [6.07, 6.45) is 15.7. The first-order valence-corrected chi connectivity index (χ1v) is 12.0. The summed E-state index contributed by atoms with van der Waals surface area (Å²) in [7, 11) is 0. The average molecular weight is 417 g/mol. The van der Waals surface area contributed by atoms with Crippen LogP contribution in [0, 0.1) is 22.7 Å². The average Bonchev–Trinajstić information content (AvgIpc) is 3.12. The molecular weight excluding hydrogens is 368 g/mol. The van der Waals surface area contributed by atoms with Crippen LogP contribution in [0.25, 0.3) is 0 Å². The van der Waals surface area contributed by atoms with Crippen molar-refractivity contribution in [1.29, 1.82) is 0 Å². The van der Waals surface area contributed by atoms with Crippen LogP contribution in [0.3, 0.4) is 0 Å². The molecule has 2 rings (SSSR count). The van der Waals surface area contributed by atoms with Crippen molar-refractivity contribution in [2.24, 2.45) is 22.7 Å². The third-order valence-corrected chi connectivity index (χ3v) is 8.19. The van der Waals surface area contributed by atoms with Crippen LogP contribution in [0.4, 0.5) is 0 Å².